The van der Waals surface area contributed by atoms with E-state index in [9.17, 15) is 0 Å². The maximum absolute atomic E-state index is 6.18. The van der Waals surface area contributed by atoms with E-state index in [1.54, 1.807) is 4.68 Å². The first-order chi connectivity index (χ1) is 10.6. The average molecular weight is 300 g/mol. The molecular weight excluding hydrogens is 276 g/mol. The minimum atomic E-state index is 0.571. The predicted molar refractivity (Wildman–Crippen MR) is 88.4 cm³/mol. The Kier molecular flexibility index (Phi) is 4.34. The lowest BCUT2D eigenvalue weighted by Crippen LogP contribution is -2.34. The highest BCUT2D eigenvalue weighted by molar-refractivity contribution is 5.51. The van der Waals surface area contributed by atoms with Crippen molar-refractivity contribution in [3.05, 3.63) is 35.9 Å². The monoisotopic (exact) mass is 300 g/mol. The number of hydrogen-bond donors (Lipinski definition) is 1. The van der Waals surface area contributed by atoms with Crippen LogP contribution in [0.1, 0.15) is 18.4 Å². The minimum absolute atomic E-state index is 0.571. The molecule has 1 aromatic carbocycles. The summed E-state index contributed by atoms with van der Waals surface area (Å²) in [5.41, 5.74) is 8.04. The van der Waals surface area contributed by atoms with Gasteiger partial charge in [0.25, 0.3) is 0 Å². The summed E-state index contributed by atoms with van der Waals surface area (Å²) >= 11 is 0. The number of likely N-dealkylation sites (tertiary alicyclic amines) is 1. The van der Waals surface area contributed by atoms with Crippen LogP contribution >= 0.6 is 0 Å². The van der Waals surface area contributed by atoms with Crippen LogP contribution in [-0.2, 0) is 0 Å². The largest absolute Gasteiger partial charge is 0.476 e. The molecule has 5 heteroatoms. The molecule has 0 bridgehead atoms. The van der Waals surface area contributed by atoms with Gasteiger partial charge in [-0.1, -0.05) is 18.2 Å². The highest BCUT2D eigenvalue weighted by Crippen LogP contribution is 2.26. The quantitative estimate of drug-likeness (QED) is 0.942. The van der Waals surface area contributed by atoms with E-state index in [0.29, 0.717) is 24.2 Å². The predicted octanol–water partition coefficient (Wildman–Crippen LogP) is 2.48. The molecule has 2 aromatic rings. The Morgan fingerprint density at radius 2 is 2.09 bits per heavy atom. The molecular formula is C17H24N4O. The molecule has 0 saturated carbocycles. The van der Waals surface area contributed by atoms with Crippen LogP contribution in [-0.4, -0.2) is 41.4 Å². The van der Waals surface area contributed by atoms with E-state index >= 15 is 0 Å². The Balaban J connectivity index is 1.72. The fourth-order valence-corrected chi connectivity index (χ4v) is 3.00. The van der Waals surface area contributed by atoms with Gasteiger partial charge in [0.15, 0.2) is 0 Å². The lowest BCUT2D eigenvalue weighted by atomic mass is 10.00. The molecule has 22 heavy (non-hydrogen) atoms. The van der Waals surface area contributed by atoms with Crippen LogP contribution < -0.4 is 10.5 Å². The number of para-hydroxylation sites is 1. The molecule has 1 aromatic heterocycles. The summed E-state index contributed by atoms with van der Waals surface area (Å²) in [6.07, 6.45) is 2.46. The molecule has 1 saturated heterocycles. The van der Waals surface area contributed by atoms with Gasteiger partial charge in [-0.2, -0.15) is 0 Å². The minimum Gasteiger partial charge on any atom is -0.476 e. The van der Waals surface area contributed by atoms with Gasteiger partial charge in [-0.3, -0.25) is 0 Å². The van der Waals surface area contributed by atoms with Crippen molar-refractivity contribution in [2.45, 2.75) is 19.8 Å². The van der Waals surface area contributed by atoms with Gasteiger partial charge in [0, 0.05) is 12.5 Å². The summed E-state index contributed by atoms with van der Waals surface area (Å²) < 4.78 is 7.72. The number of hydrogen-bond acceptors (Lipinski definition) is 4. The lowest BCUT2D eigenvalue weighted by Gasteiger charge is -2.29. The van der Waals surface area contributed by atoms with E-state index in [4.69, 9.17) is 10.5 Å². The van der Waals surface area contributed by atoms with E-state index < -0.39 is 0 Å². The van der Waals surface area contributed by atoms with Crippen molar-refractivity contribution in [2.75, 3.05) is 32.5 Å². The lowest BCUT2D eigenvalue weighted by molar-refractivity contribution is 0.147. The van der Waals surface area contributed by atoms with Gasteiger partial charge in [-0.15, -0.1) is 5.10 Å². The molecule has 0 amide bonds. The Labute approximate surface area is 131 Å². The third-order valence-corrected chi connectivity index (χ3v) is 4.30. The summed E-state index contributed by atoms with van der Waals surface area (Å²) in [6.45, 7) is 4.94. The Morgan fingerprint density at radius 3 is 2.82 bits per heavy atom. The van der Waals surface area contributed by atoms with E-state index in [2.05, 4.69) is 17.0 Å². The Hall–Kier alpha value is -2.01. The van der Waals surface area contributed by atoms with Crippen LogP contribution in [0, 0.1) is 12.8 Å². The standard InChI is InChI=1S/C17H24N4O/c1-13-16(18)21(15-8-4-3-5-9-15)19-17(13)22-12-14-7-6-10-20(2)11-14/h3-5,8-9,14H,6-7,10-12,18H2,1-2H3. The molecule has 118 valence electrons. The topological polar surface area (TPSA) is 56.3 Å². The first-order valence-corrected chi connectivity index (χ1v) is 7.87. The van der Waals surface area contributed by atoms with Crippen molar-refractivity contribution >= 4 is 5.82 Å². The highest BCUT2D eigenvalue weighted by Gasteiger charge is 2.20. The van der Waals surface area contributed by atoms with Gasteiger partial charge in [0.1, 0.15) is 5.82 Å². The van der Waals surface area contributed by atoms with Crippen LogP contribution in [0.5, 0.6) is 5.88 Å². The molecule has 1 aliphatic heterocycles. The number of aromatic nitrogens is 2. The fourth-order valence-electron chi connectivity index (χ4n) is 3.00. The van der Waals surface area contributed by atoms with Gasteiger partial charge < -0.3 is 15.4 Å². The van der Waals surface area contributed by atoms with Crippen LogP contribution in [0.25, 0.3) is 5.69 Å². The number of piperidine rings is 1. The molecule has 1 aliphatic rings. The zero-order chi connectivity index (χ0) is 15.5. The molecule has 2 heterocycles. The van der Waals surface area contributed by atoms with Gasteiger partial charge >= 0.3 is 0 Å². The summed E-state index contributed by atoms with van der Waals surface area (Å²) in [6, 6.07) is 9.91. The van der Waals surface area contributed by atoms with Crippen molar-refractivity contribution in [3.63, 3.8) is 0 Å². The van der Waals surface area contributed by atoms with Crippen LogP contribution in [0.15, 0.2) is 30.3 Å². The molecule has 1 fully saturated rings. The second kappa shape index (κ2) is 6.40. The van der Waals surface area contributed by atoms with Crippen molar-refractivity contribution in [1.29, 1.82) is 0 Å². The normalized spacial score (nSPS) is 19.3. The molecule has 1 unspecified atom stereocenters. The van der Waals surface area contributed by atoms with E-state index in [1.807, 2.05) is 37.3 Å². The molecule has 1 atom stereocenters. The third-order valence-electron chi connectivity index (χ3n) is 4.30. The SMILES string of the molecule is Cc1c(OCC2CCCN(C)C2)nn(-c2ccccc2)c1N. The van der Waals surface area contributed by atoms with Crippen molar-refractivity contribution in [3.8, 4) is 11.6 Å². The summed E-state index contributed by atoms with van der Waals surface area (Å²) in [7, 11) is 2.17. The van der Waals surface area contributed by atoms with Crippen LogP contribution in [0.2, 0.25) is 0 Å². The van der Waals surface area contributed by atoms with Gasteiger partial charge in [-0.25, -0.2) is 4.68 Å². The van der Waals surface area contributed by atoms with E-state index in [-0.39, 0.29) is 0 Å². The maximum Gasteiger partial charge on any atom is 0.238 e. The first kappa shape index (κ1) is 14.9. The number of nitrogens with zero attached hydrogens (tertiary/aromatic N) is 3. The van der Waals surface area contributed by atoms with E-state index in [1.165, 1.54) is 19.4 Å². The second-order valence-corrected chi connectivity index (χ2v) is 6.14. The van der Waals surface area contributed by atoms with Crippen molar-refractivity contribution in [2.24, 2.45) is 5.92 Å². The number of nitrogen functional groups attached to an aromatic ring is 1. The molecule has 0 radical (unpaired) electrons. The highest BCUT2D eigenvalue weighted by atomic mass is 16.5. The third kappa shape index (κ3) is 3.09. The smallest absolute Gasteiger partial charge is 0.238 e. The Morgan fingerprint density at radius 1 is 1.32 bits per heavy atom. The van der Waals surface area contributed by atoms with Gasteiger partial charge in [-0.05, 0) is 45.5 Å². The van der Waals surface area contributed by atoms with Crippen molar-refractivity contribution in [1.82, 2.24) is 14.7 Å². The summed E-state index contributed by atoms with van der Waals surface area (Å²) in [4.78, 5) is 2.36. The zero-order valence-corrected chi connectivity index (χ0v) is 13.3. The molecule has 3 rings (SSSR count). The summed E-state index contributed by atoms with van der Waals surface area (Å²) in [5.74, 6) is 1.86. The number of benzene rings is 1. The number of ether oxygens (including phenoxy) is 1. The second-order valence-electron chi connectivity index (χ2n) is 6.14. The van der Waals surface area contributed by atoms with Crippen LogP contribution in [0.3, 0.4) is 0 Å². The Bertz CT molecular complexity index is 623. The number of anilines is 1. The van der Waals surface area contributed by atoms with Gasteiger partial charge in [0.2, 0.25) is 5.88 Å². The van der Waals surface area contributed by atoms with Crippen molar-refractivity contribution < 1.29 is 4.74 Å². The van der Waals surface area contributed by atoms with Gasteiger partial charge in [0.05, 0.1) is 17.9 Å². The zero-order valence-electron chi connectivity index (χ0n) is 13.3. The molecule has 0 spiro atoms. The summed E-state index contributed by atoms with van der Waals surface area (Å²) in [5, 5.41) is 4.54. The maximum atomic E-state index is 6.18. The average Bonchev–Trinajstić information content (AvgIpc) is 2.82. The molecule has 5 nitrogen and oxygen atoms in total. The first-order valence-electron chi connectivity index (χ1n) is 7.87. The molecule has 2 N–H and O–H groups in total. The number of nitrogens with two attached hydrogens (primary N) is 1. The van der Waals surface area contributed by atoms with Crippen LogP contribution in [0.4, 0.5) is 5.82 Å². The molecule has 0 aliphatic carbocycles. The van der Waals surface area contributed by atoms with E-state index in [0.717, 1.165) is 17.8 Å². The fraction of sp³-hybridized carbons (Fsp3) is 0.471. The number of rotatable bonds is 4.